The van der Waals surface area contributed by atoms with Crippen molar-refractivity contribution in [3.05, 3.63) is 46.3 Å². The lowest BCUT2D eigenvalue weighted by atomic mass is 10.3. The molecule has 0 saturated heterocycles. The number of para-hydroxylation sites is 1. The van der Waals surface area contributed by atoms with Crippen LogP contribution in [-0.2, 0) is 0 Å². The zero-order valence-corrected chi connectivity index (χ0v) is 11.4. The van der Waals surface area contributed by atoms with E-state index in [1.165, 1.54) is 12.4 Å². The molecule has 2 rings (SSSR count). The van der Waals surface area contributed by atoms with Gasteiger partial charge in [0.05, 0.1) is 15.7 Å². The Morgan fingerprint density at radius 2 is 1.78 bits per heavy atom. The molecule has 0 unspecified atom stereocenters. The van der Waals surface area contributed by atoms with Crippen LogP contribution >= 0.6 is 35.4 Å². The lowest BCUT2D eigenvalue weighted by Crippen LogP contribution is -2.15. The molecule has 1 aromatic carbocycles. The molecule has 1 heterocycles. The van der Waals surface area contributed by atoms with Gasteiger partial charge in [-0.1, -0.05) is 41.5 Å². The molecule has 0 atom stereocenters. The summed E-state index contributed by atoms with van der Waals surface area (Å²) < 4.78 is 0. The van der Waals surface area contributed by atoms with E-state index in [-0.39, 0.29) is 4.99 Å². The van der Waals surface area contributed by atoms with Gasteiger partial charge in [0.1, 0.15) is 10.7 Å². The molecule has 0 aliphatic heterocycles. The van der Waals surface area contributed by atoms with Gasteiger partial charge in [0.2, 0.25) is 0 Å². The summed E-state index contributed by atoms with van der Waals surface area (Å²) in [5, 5.41) is 3.93. The quantitative estimate of drug-likeness (QED) is 0.852. The van der Waals surface area contributed by atoms with Crippen molar-refractivity contribution in [1.82, 2.24) is 9.97 Å². The molecule has 0 bridgehead atoms. The monoisotopic (exact) mass is 298 g/mol. The fourth-order valence-corrected chi connectivity index (χ4v) is 1.99. The highest BCUT2D eigenvalue weighted by Crippen LogP contribution is 2.32. The molecule has 4 nitrogen and oxygen atoms in total. The predicted octanol–water partition coefficient (Wildman–Crippen LogP) is 3.16. The van der Waals surface area contributed by atoms with Crippen LogP contribution in [0.2, 0.25) is 10.0 Å². The first kappa shape index (κ1) is 13.0. The Morgan fingerprint density at radius 1 is 1.17 bits per heavy atom. The van der Waals surface area contributed by atoms with Gasteiger partial charge in [0, 0.05) is 12.4 Å². The van der Waals surface area contributed by atoms with Crippen LogP contribution in [0.5, 0.6) is 0 Å². The summed E-state index contributed by atoms with van der Waals surface area (Å²) >= 11 is 17.0. The Hall–Kier alpha value is -1.43. The van der Waals surface area contributed by atoms with E-state index in [9.17, 15) is 0 Å². The SMILES string of the molecule is NC(=S)c1nccnc1Nc1c(Cl)cccc1Cl. The molecular weight excluding hydrogens is 291 g/mol. The maximum absolute atomic E-state index is 6.05. The van der Waals surface area contributed by atoms with Crippen molar-refractivity contribution >= 4 is 51.9 Å². The summed E-state index contributed by atoms with van der Waals surface area (Å²) in [7, 11) is 0. The number of thiocarbonyl (C=S) groups is 1. The molecule has 1 aromatic heterocycles. The summed E-state index contributed by atoms with van der Waals surface area (Å²) in [6, 6.07) is 5.18. The normalized spacial score (nSPS) is 10.1. The fraction of sp³-hybridized carbons (Fsp3) is 0. The molecule has 0 amide bonds. The van der Waals surface area contributed by atoms with Crippen molar-refractivity contribution in [2.75, 3.05) is 5.32 Å². The van der Waals surface area contributed by atoms with Crippen molar-refractivity contribution in [2.24, 2.45) is 5.73 Å². The molecule has 92 valence electrons. The number of nitrogens with two attached hydrogens (primary N) is 1. The number of benzene rings is 1. The van der Waals surface area contributed by atoms with Crippen LogP contribution in [0, 0.1) is 0 Å². The van der Waals surface area contributed by atoms with E-state index in [0.29, 0.717) is 27.2 Å². The maximum atomic E-state index is 6.05. The number of anilines is 2. The number of halogens is 2. The van der Waals surface area contributed by atoms with Crippen LogP contribution in [-0.4, -0.2) is 15.0 Å². The lowest BCUT2D eigenvalue weighted by molar-refractivity contribution is 1.18. The summed E-state index contributed by atoms with van der Waals surface area (Å²) in [6.45, 7) is 0. The van der Waals surface area contributed by atoms with Crippen molar-refractivity contribution in [3.63, 3.8) is 0 Å². The van der Waals surface area contributed by atoms with E-state index < -0.39 is 0 Å². The minimum absolute atomic E-state index is 0.147. The number of nitrogens with one attached hydrogen (secondary N) is 1. The van der Waals surface area contributed by atoms with Crippen LogP contribution in [0.1, 0.15) is 5.69 Å². The second-order valence-electron chi connectivity index (χ2n) is 3.34. The highest BCUT2D eigenvalue weighted by Gasteiger charge is 2.11. The number of nitrogens with zero attached hydrogens (tertiary/aromatic N) is 2. The summed E-state index contributed by atoms with van der Waals surface area (Å²) in [5.41, 5.74) is 6.50. The van der Waals surface area contributed by atoms with Gasteiger partial charge in [-0.2, -0.15) is 0 Å². The van der Waals surface area contributed by atoms with Gasteiger partial charge < -0.3 is 11.1 Å². The zero-order valence-electron chi connectivity index (χ0n) is 9.02. The Morgan fingerprint density at radius 3 is 2.39 bits per heavy atom. The van der Waals surface area contributed by atoms with Gasteiger partial charge in [-0.25, -0.2) is 9.97 Å². The first-order valence-corrected chi connectivity index (χ1v) is 6.08. The topological polar surface area (TPSA) is 63.8 Å². The van der Waals surface area contributed by atoms with Crippen LogP contribution in [0.15, 0.2) is 30.6 Å². The van der Waals surface area contributed by atoms with Crippen molar-refractivity contribution in [2.45, 2.75) is 0 Å². The van der Waals surface area contributed by atoms with E-state index in [4.69, 9.17) is 41.2 Å². The number of hydrogen-bond donors (Lipinski definition) is 2. The molecule has 3 N–H and O–H groups in total. The highest BCUT2D eigenvalue weighted by atomic mass is 35.5. The average molecular weight is 299 g/mol. The third-order valence-corrected chi connectivity index (χ3v) is 2.96. The first-order valence-electron chi connectivity index (χ1n) is 4.91. The van der Waals surface area contributed by atoms with Crippen LogP contribution in [0.3, 0.4) is 0 Å². The number of hydrogen-bond acceptors (Lipinski definition) is 4. The van der Waals surface area contributed by atoms with E-state index in [1.54, 1.807) is 18.2 Å². The molecule has 0 radical (unpaired) electrons. The lowest BCUT2D eigenvalue weighted by Gasteiger charge is -2.11. The van der Waals surface area contributed by atoms with Gasteiger partial charge in [-0.05, 0) is 12.1 Å². The van der Waals surface area contributed by atoms with Gasteiger partial charge in [-0.15, -0.1) is 0 Å². The second kappa shape index (κ2) is 5.48. The van der Waals surface area contributed by atoms with Crippen molar-refractivity contribution in [3.8, 4) is 0 Å². The largest absolute Gasteiger partial charge is 0.388 e. The minimum Gasteiger partial charge on any atom is -0.388 e. The smallest absolute Gasteiger partial charge is 0.159 e. The molecule has 0 fully saturated rings. The number of rotatable bonds is 3. The molecular formula is C11H8Cl2N4S. The standard InChI is InChI=1S/C11H8Cl2N4S/c12-6-2-1-3-7(13)8(6)17-11-9(10(14)18)15-4-5-16-11/h1-5H,(H2,14,18)(H,16,17). The Labute approximate surface area is 119 Å². The molecule has 18 heavy (non-hydrogen) atoms. The molecule has 0 aliphatic rings. The van der Waals surface area contributed by atoms with Gasteiger partial charge in [0.25, 0.3) is 0 Å². The second-order valence-corrected chi connectivity index (χ2v) is 4.59. The third kappa shape index (κ3) is 2.69. The van der Waals surface area contributed by atoms with Crippen molar-refractivity contribution < 1.29 is 0 Å². The van der Waals surface area contributed by atoms with E-state index in [2.05, 4.69) is 15.3 Å². The zero-order chi connectivity index (χ0) is 13.1. The Kier molecular flexibility index (Phi) is 3.96. The molecule has 2 aromatic rings. The van der Waals surface area contributed by atoms with Crippen LogP contribution in [0.4, 0.5) is 11.5 Å². The molecule has 7 heteroatoms. The maximum Gasteiger partial charge on any atom is 0.159 e. The van der Waals surface area contributed by atoms with Gasteiger partial charge in [-0.3, -0.25) is 0 Å². The Balaban J connectivity index is 2.43. The van der Waals surface area contributed by atoms with E-state index in [1.807, 2.05) is 0 Å². The minimum atomic E-state index is 0.147. The Bertz CT molecular complexity index is 583. The number of aromatic nitrogens is 2. The van der Waals surface area contributed by atoms with Gasteiger partial charge in [0.15, 0.2) is 5.82 Å². The summed E-state index contributed by atoms with van der Waals surface area (Å²) in [6.07, 6.45) is 3.03. The predicted molar refractivity (Wildman–Crippen MR) is 77.7 cm³/mol. The van der Waals surface area contributed by atoms with Crippen molar-refractivity contribution in [1.29, 1.82) is 0 Å². The van der Waals surface area contributed by atoms with Crippen LogP contribution < -0.4 is 11.1 Å². The first-order chi connectivity index (χ1) is 8.59. The van der Waals surface area contributed by atoms with Gasteiger partial charge >= 0.3 is 0 Å². The summed E-state index contributed by atoms with van der Waals surface area (Å²) in [4.78, 5) is 8.32. The average Bonchev–Trinajstić information content (AvgIpc) is 2.34. The van der Waals surface area contributed by atoms with E-state index >= 15 is 0 Å². The summed E-state index contributed by atoms with van der Waals surface area (Å²) in [5.74, 6) is 0.417. The third-order valence-electron chi connectivity index (χ3n) is 2.14. The fourth-order valence-electron chi connectivity index (χ4n) is 1.35. The highest BCUT2D eigenvalue weighted by molar-refractivity contribution is 7.80. The molecule has 0 saturated carbocycles. The van der Waals surface area contributed by atoms with Crippen LogP contribution in [0.25, 0.3) is 0 Å². The van der Waals surface area contributed by atoms with E-state index in [0.717, 1.165) is 0 Å². The molecule has 0 spiro atoms. The molecule has 0 aliphatic carbocycles.